The highest BCUT2D eigenvalue weighted by molar-refractivity contribution is 5.91. The van der Waals surface area contributed by atoms with Crippen molar-refractivity contribution < 1.29 is 4.79 Å². The van der Waals surface area contributed by atoms with E-state index in [-0.39, 0.29) is 5.91 Å². The second kappa shape index (κ2) is 7.09. The number of hydrogen-bond acceptors (Lipinski definition) is 2. The topological polar surface area (TPSA) is 57.8 Å². The summed E-state index contributed by atoms with van der Waals surface area (Å²) in [4.78, 5) is 20.2. The fourth-order valence-electron chi connectivity index (χ4n) is 2.93. The van der Waals surface area contributed by atoms with Crippen LogP contribution in [0.25, 0.3) is 11.0 Å². The van der Waals surface area contributed by atoms with Crippen LogP contribution < -0.4 is 5.32 Å². The maximum absolute atomic E-state index is 12.2. The molecule has 0 atom stereocenters. The van der Waals surface area contributed by atoms with E-state index in [9.17, 15) is 4.79 Å². The van der Waals surface area contributed by atoms with Gasteiger partial charge in [0.25, 0.3) is 0 Å². The number of carbonyl (C=O) groups excluding carboxylic acids is 1. The summed E-state index contributed by atoms with van der Waals surface area (Å²) < 4.78 is 0. The number of benzene rings is 2. The number of aromatic nitrogens is 2. The second-order valence-electron chi connectivity index (χ2n) is 6.99. The first-order chi connectivity index (χ1) is 11.9. The zero-order valence-corrected chi connectivity index (χ0v) is 15.3. The molecule has 0 bridgehead atoms. The number of aryl methyl sites for hydroxylation is 3. The minimum atomic E-state index is 0.0412. The van der Waals surface area contributed by atoms with Crippen LogP contribution in [-0.4, -0.2) is 15.9 Å². The van der Waals surface area contributed by atoms with Gasteiger partial charge in [0.1, 0.15) is 5.82 Å². The van der Waals surface area contributed by atoms with Gasteiger partial charge in [0, 0.05) is 18.0 Å². The average Bonchev–Trinajstić information content (AvgIpc) is 2.99. The molecule has 4 nitrogen and oxygen atoms in total. The van der Waals surface area contributed by atoms with E-state index in [4.69, 9.17) is 0 Å². The average molecular weight is 335 g/mol. The number of anilines is 1. The molecule has 2 aromatic carbocycles. The van der Waals surface area contributed by atoms with Gasteiger partial charge in [-0.1, -0.05) is 37.6 Å². The predicted octanol–water partition coefficient (Wildman–Crippen LogP) is 4.87. The van der Waals surface area contributed by atoms with Crippen LogP contribution in [0.1, 0.15) is 48.7 Å². The summed E-state index contributed by atoms with van der Waals surface area (Å²) in [7, 11) is 0. The van der Waals surface area contributed by atoms with E-state index >= 15 is 0 Å². The molecule has 0 saturated carbocycles. The standard InChI is InChI=1S/C21H25N3O/c1-13(2)21-23-18-9-6-16(12-19(18)24-21)7-10-20(25)22-17-8-5-14(3)11-15(17)4/h5-6,8-9,11-13H,7,10H2,1-4H3,(H,22,25)(H,23,24). The van der Waals surface area contributed by atoms with Crippen molar-refractivity contribution in [2.24, 2.45) is 0 Å². The van der Waals surface area contributed by atoms with Gasteiger partial charge in [-0.3, -0.25) is 4.79 Å². The molecule has 1 amide bonds. The van der Waals surface area contributed by atoms with Crippen molar-refractivity contribution in [3.63, 3.8) is 0 Å². The lowest BCUT2D eigenvalue weighted by molar-refractivity contribution is -0.116. The van der Waals surface area contributed by atoms with Gasteiger partial charge in [-0.15, -0.1) is 0 Å². The van der Waals surface area contributed by atoms with Gasteiger partial charge < -0.3 is 10.3 Å². The van der Waals surface area contributed by atoms with E-state index in [1.54, 1.807) is 0 Å². The number of carbonyl (C=O) groups is 1. The molecular formula is C21H25N3O. The summed E-state index contributed by atoms with van der Waals surface area (Å²) in [5.41, 5.74) is 6.34. The Morgan fingerprint density at radius 2 is 1.96 bits per heavy atom. The van der Waals surface area contributed by atoms with Crippen molar-refractivity contribution in [2.45, 2.75) is 46.5 Å². The van der Waals surface area contributed by atoms with Gasteiger partial charge in [-0.25, -0.2) is 4.98 Å². The molecule has 0 radical (unpaired) electrons. The van der Waals surface area contributed by atoms with Crippen LogP contribution >= 0.6 is 0 Å². The predicted molar refractivity (Wildman–Crippen MR) is 103 cm³/mol. The van der Waals surface area contributed by atoms with E-state index in [1.165, 1.54) is 5.56 Å². The van der Waals surface area contributed by atoms with Crippen LogP contribution in [0.15, 0.2) is 36.4 Å². The molecule has 1 heterocycles. The second-order valence-corrected chi connectivity index (χ2v) is 6.99. The molecule has 0 aliphatic carbocycles. The molecule has 2 N–H and O–H groups in total. The molecule has 3 aromatic rings. The highest BCUT2D eigenvalue weighted by atomic mass is 16.1. The van der Waals surface area contributed by atoms with Crippen LogP contribution in [0.4, 0.5) is 5.69 Å². The first-order valence-electron chi connectivity index (χ1n) is 8.78. The molecule has 130 valence electrons. The zero-order valence-electron chi connectivity index (χ0n) is 15.3. The van der Waals surface area contributed by atoms with Gasteiger partial charge >= 0.3 is 0 Å². The molecule has 0 aliphatic rings. The number of imidazole rings is 1. The van der Waals surface area contributed by atoms with Gasteiger partial charge in [-0.05, 0) is 49.6 Å². The number of aromatic amines is 1. The molecule has 0 fully saturated rings. The van der Waals surface area contributed by atoms with E-state index in [0.717, 1.165) is 33.7 Å². The lowest BCUT2D eigenvalue weighted by atomic mass is 10.1. The van der Waals surface area contributed by atoms with Gasteiger partial charge in [0.2, 0.25) is 5.91 Å². The maximum atomic E-state index is 12.2. The first kappa shape index (κ1) is 17.2. The summed E-state index contributed by atoms with van der Waals surface area (Å²) in [5, 5.41) is 3.00. The van der Waals surface area contributed by atoms with Crippen molar-refractivity contribution in [1.82, 2.24) is 9.97 Å². The lowest BCUT2D eigenvalue weighted by Crippen LogP contribution is -2.13. The third kappa shape index (κ3) is 4.08. The number of rotatable bonds is 5. The molecule has 0 aliphatic heterocycles. The van der Waals surface area contributed by atoms with Crippen LogP contribution in [-0.2, 0) is 11.2 Å². The summed E-state index contributed by atoms with van der Waals surface area (Å²) in [6, 6.07) is 12.2. The quantitative estimate of drug-likeness (QED) is 0.698. The van der Waals surface area contributed by atoms with E-state index in [0.29, 0.717) is 18.8 Å². The smallest absolute Gasteiger partial charge is 0.224 e. The van der Waals surface area contributed by atoms with Crippen LogP contribution in [0.2, 0.25) is 0 Å². The number of fused-ring (bicyclic) bond motifs is 1. The third-order valence-electron chi connectivity index (χ3n) is 4.41. The Morgan fingerprint density at radius 1 is 1.16 bits per heavy atom. The van der Waals surface area contributed by atoms with Gasteiger partial charge in [-0.2, -0.15) is 0 Å². The number of nitrogens with zero attached hydrogens (tertiary/aromatic N) is 1. The minimum absolute atomic E-state index is 0.0412. The van der Waals surface area contributed by atoms with Crippen LogP contribution in [0.3, 0.4) is 0 Å². The first-order valence-corrected chi connectivity index (χ1v) is 8.78. The number of H-pyrrole nitrogens is 1. The monoisotopic (exact) mass is 335 g/mol. The molecular weight excluding hydrogens is 310 g/mol. The minimum Gasteiger partial charge on any atom is -0.342 e. The van der Waals surface area contributed by atoms with Gasteiger partial charge in [0.15, 0.2) is 0 Å². The molecule has 0 spiro atoms. The summed E-state index contributed by atoms with van der Waals surface area (Å²) in [5.74, 6) is 1.42. The number of nitrogens with one attached hydrogen (secondary N) is 2. The van der Waals surface area contributed by atoms with Crippen molar-refractivity contribution in [3.05, 3.63) is 58.9 Å². The molecule has 4 heteroatoms. The van der Waals surface area contributed by atoms with E-state index < -0.39 is 0 Å². The lowest BCUT2D eigenvalue weighted by Gasteiger charge is -2.09. The van der Waals surface area contributed by atoms with Crippen molar-refractivity contribution in [1.29, 1.82) is 0 Å². The zero-order chi connectivity index (χ0) is 18.0. The molecule has 25 heavy (non-hydrogen) atoms. The Labute approximate surface area is 148 Å². The summed E-state index contributed by atoms with van der Waals surface area (Å²) >= 11 is 0. The van der Waals surface area contributed by atoms with Crippen molar-refractivity contribution in [2.75, 3.05) is 5.32 Å². The Bertz CT molecular complexity index is 909. The number of amides is 1. The number of hydrogen-bond donors (Lipinski definition) is 2. The highest BCUT2D eigenvalue weighted by Crippen LogP contribution is 2.20. The third-order valence-corrected chi connectivity index (χ3v) is 4.41. The Balaban J connectivity index is 1.64. The Morgan fingerprint density at radius 3 is 2.68 bits per heavy atom. The largest absolute Gasteiger partial charge is 0.342 e. The SMILES string of the molecule is Cc1ccc(NC(=O)CCc2ccc3nc(C(C)C)[nH]c3c2)c(C)c1. The molecule has 1 aromatic heterocycles. The molecule has 3 rings (SSSR count). The maximum Gasteiger partial charge on any atom is 0.224 e. The Hall–Kier alpha value is -2.62. The molecule has 0 unspecified atom stereocenters. The summed E-state index contributed by atoms with van der Waals surface area (Å²) in [6.07, 6.45) is 1.17. The fraction of sp³-hybridized carbons (Fsp3) is 0.333. The summed E-state index contributed by atoms with van der Waals surface area (Å²) in [6.45, 7) is 8.31. The fourth-order valence-corrected chi connectivity index (χ4v) is 2.93. The normalized spacial score (nSPS) is 11.2. The molecule has 0 saturated heterocycles. The van der Waals surface area contributed by atoms with E-state index in [1.807, 2.05) is 25.1 Å². The van der Waals surface area contributed by atoms with E-state index in [2.05, 4.69) is 54.3 Å². The van der Waals surface area contributed by atoms with Crippen molar-refractivity contribution >= 4 is 22.6 Å². The highest BCUT2D eigenvalue weighted by Gasteiger charge is 2.09. The van der Waals surface area contributed by atoms with Crippen LogP contribution in [0.5, 0.6) is 0 Å². The van der Waals surface area contributed by atoms with Crippen LogP contribution in [0, 0.1) is 13.8 Å². The van der Waals surface area contributed by atoms with Crippen molar-refractivity contribution in [3.8, 4) is 0 Å². The Kier molecular flexibility index (Phi) is 4.88. The van der Waals surface area contributed by atoms with Gasteiger partial charge in [0.05, 0.1) is 11.0 Å².